The van der Waals surface area contributed by atoms with Crippen LogP contribution in [0.4, 0.5) is 10.5 Å². The van der Waals surface area contributed by atoms with E-state index in [0.717, 1.165) is 16.7 Å². The number of aromatic nitrogens is 1. The van der Waals surface area contributed by atoms with Gasteiger partial charge in [-0.05, 0) is 55.7 Å². The molecule has 0 aliphatic carbocycles. The van der Waals surface area contributed by atoms with Gasteiger partial charge in [0.25, 0.3) is 0 Å². The second-order valence-electron chi connectivity index (χ2n) is 6.87. The summed E-state index contributed by atoms with van der Waals surface area (Å²) in [6.07, 6.45) is -0.566. The average Bonchev–Trinajstić information content (AvgIpc) is 2.73. The molecule has 3 aromatic rings. The van der Waals surface area contributed by atoms with Gasteiger partial charge in [0, 0.05) is 5.56 Å². The van der Waals surface area contributed by atoms with Gasteiger partial charge >= 0.3 is 12.1 Å². The fraction of sp³-hybridized carbons (Fsp3) is 0.208. The molecule has 6 heteroatoms. The number of rotatable bonds is 6. The van der Waals surface area contributed by atoms with Gasteiger partial charge < -0.3 is 9.47 Å². The fourth-order valence-corrected chi connectivity index (χ4v) is 2.97. The lowest BCUT2D eigenvalue weighted by Gasteiger charge is -2.13. The van der Waals surface area contributed by atoms with Crippen molar-refractivity contribution in [2.45, 2.75) is 27.4 Å². The first-order valence-electron chi connectivity index (χ1n) is 9.71. The van der Waals surface area contributed by atoms with Crippen LogP contribution in [-0.4, -0.2) is 23.7 Å². The number of pyridine rings is 1. The minimum Gasteiger partial charge on any atom is -0.461 e. The van der Waals surface area contributed by atoms with Crippen molar-refractivity contribution in [1.82, 2.24) is 4.98 Å². The molecule has 0 radical (unpaired) electrons. The molecule has 0 atom stereocenters. The maximum Gasteiger partial charge on any atom is 0.411 e. The zero-order valence-corrected chi connectivity index (χ0v) is 17.3. The molecular weight excluding hydrogens is 380 g/mol. The smallest absolute Gasteiger partial charge is 0.411 e. The van der Waals surface area contributed by atoms with Crippen LogP contribution in [0.1, 0.15) is 34.1 Å². The molecule has 0 spiro atoms. The van der Waals surface area contributed by atoms with E-state index in [1.54, 1.807) is 13.0 Å². The van der Waals surface area contributed by atoms with Crippen molar-refractivity contribution in [2.24, 2.45) is 0 Å². The molecule has 1 amide bonds. The van der Waals surface area contributed by atoms with Gasteiger partial charge in [0.05, 0.1) is 18.0 Å². The SMILES string of the molecule is CCOC(=O)c1cc(C)cc(-c2ccc(C)cc2NC(=O)OCc2ccccc2)n1. The summed E-state index contributed by atoms with van der Waals surface area (Å²) >= 11 is 0. The van der Waals surface area contributed by atoms with Gasteiger partial charge in [-0.3, -0.25) is 5.32 Å². The minimum absolute atomic E-state index is 0.170. The van der Waals surface area contributed by atoms with E-state index in [2.05, 4.69) is 10.3 Å². The summed E-state index contributed by atoms with van der Waals surface area (Å²) in [6.45, 7) is 6.00. The first-order valence-corrected chi connectivity index (χ1v) is 9.71. The summed E-state index contributed by atoms with van der Waals surface area (Å²) in [4.78, 5) is 29.0. The first-order chi connectivity index (χ1) is 14.5. The number of esters is 1. The Balaban J connectivity index is 1.85. The lowest BCUT2D eigenvalue weighted by molar-refractivity contribution is 0.0519. The molecule has 0 unspecified atom stereocenters. The van der Waals surface area contributed by atoms with E-state index in [1.165, 1.54) is 0 Å². The number of hydrogen-bond donors (Lipinski definition) is 1. The standard InChI is InChI=1S/C24H24N2O4/c1-4-29-23(27)22-14-17(3)13-20(25-22)19-11-10-16(2)12-21(19)26-24(28)30-15-18-8-6-5-7-9-18/h5-14H,4,15H2,1-3H3,(H,26,28). The maximum atomic E-state index is 12.4. The van der Waals surface area contributed by atoms with Crippen molar-refractivity contribution in [3.05, 3.63) is 83.0 Å². The number of carbonyl (C=O) groups excluding carboxylic acids is 2. The number of amides is 1. The van der Waals surface area contributed by atoms with Crippen molar-refractivity contribution in [2.75, 3.05) is 11.9 Å². The molecule has 1 N–H and O–H groups in total. The van der Waals surface area contributed by atoms with E-state index in [1.807, 2.05) is 68.4 Å². The fourth-order valence-electron chi connectivity index (χ4n) is 2.97. The molecular formula is C24H24N2O4. The van der Waals surface area contributed by atoms with Crippen LogP contribution in [0.15, 0.2) is 60.7 Å². The van der Waals surface area contributed by atoms with Crippen LogP contribution in [0, 0.1) is 13.8 Å². The summed E-state index contributed by atoms with van der Waals surface area (Å²) in [5, 5.41) is 2.80. The first kappa shape index (κ1) is 21.0. The third-order valence-electron chi connectivity index (χ3n) is 4.35. The van der Waals surface area contributed by atoms with Crippen LogP contribution in [0.5, 0.6) is 0 Å². The van der Waals surface area contributed by atoms with Gasteiger partial charge in [-0.1, -0.05) is 42.5 Å². The van der Waals surface area contributed by atoms with E-state index < -0.39 is 12.1 Å². The Labute approximate surface area is 175 Å². The summed E-state index contributed by atoms with van der Waals surface area (Å²) in [6, 6.07) is 18.6. The largest absolute Gasteiger partial charge is 0.461 e. The predicted octanol–water partition coefficient (Wildman–Crippen LogP) is 5.29. The Morgan fingerprint density at radius 1 is 0.933 bits per heavy atom. The van der Waals surface area contributed by atoms with Crippen molar-refractivity contribution in [3.63, 3.8) is 0 Å². The van der Waals surface area contributed by atoms with Crippen LogP contribution in [0.2, 0.25) is 0 Å². The number of anilines is 1. The number of nitrogens with one attached hydrogen (secondary N) is 1. The molecule has 3 rings (SSSR count). The van der Waals surface area contributed by atoms with E-state index in [-0.39, 0.29) is 18.9 Å². The molecule has 0 bridgehead atoms. The van der Waals surface area contributed by atoms with Crippen LogP contribution in [0.3, 0.4) is 0 Å². The number of carbonyl (C=O) groups is 2. The summed E-state index contributed by atoms with van der Waals surface area (Å²) in [5.41, 5.74) is 4.77. The summed E-state index contributed by atoms with van der Waals surface area (Å²) in [7, 11) is 0. The molecule has 0 saturated heterocycles. The van der Waals surface area contributed by atoms with Crippen molar-refractivity contribution in [3.8, 4) is 11.3 Å². The van der Waals surface area contributed by atoms with Crippen LogP contribution < -0.4 is 5.32 Å². The maximum absolute atomic E-state index is 12.4. The molecule has 2 aromatic carbocycles. The van der Waals surface area contributed by atoms with E-state index in [4.69, 9.17) is 9.47 Å². The number of aryl methyl sites for hydroxylation is 2. The summed E-state index contributed by atoms with van der Waals surface area (Å²) in [5.74, 6) is -0.480. The lowest BCUT2D eigenvalue weighted by atomic mass is 10.0. The quantitative estimate of drug-likeness (QED) is 0.565. The Hall–Kier alpha value is -3.67. The molecule has 0 saturated carbocycles. The van der Waals surface area contributed by atoms with Gasteiger partial charge in [-0.2, -0.15) is 0 Å². The highest BCUT2D eigenvalue weighted by Gasteiger charge is 2.15. The third kappa shape index (κ3) is 5.44. The Morgan fingerprint density at radius 3 is 2.43 bits per heavy atom. The van der Waals surface area contributed by atoms with Crippen molar-refractivity contribution >= 4 is 17.7 Å². The van der Waals surface area contributed by atoms with E-state index in [0.29, 0.717) is 16.9 Å². The van der Waals surface area contributed by atoms with Crippen LogP contribution in [-0.2, 0) is 16.1 Å². The van der Waals surface area contributed by atoms with Crippen LogP contribution in [0.25, 0.3) is 11.3 Å². The summed E-state index contributed by atoms with van der Waals surface area (Å²) < 4.78 is 10.4. The van der Waals surface area contributed by atoms with Gasteiger partial charge in [0.1, 0.15) is 12.3 Å². The van der Waals surface area contributed by atoms with E-state index >= 15 is 0 Å². The third-order valence-corrected chi connectivity index (χ3v) is 4.35. The van der Waals surface area contributed by atoms with Gasteiger partial charge in [0.2, 0.25) is 0 Å². The van der Waals surface area contributed by atoms with E-state index in [9.17, 15) is 9.59 Å². The number of ether oxygens (including phenoxy) is 2. The van der Waals surface area contributed by atoms with Gasteiger partial charge in [-0.15, -0.1) is 0 Å². The molecule has 0 aliphatic rings. The highest BCUT2D eigenvalue weighted by molar-refractivity contribution is 5.92. The van der Waals surface area contributed by atoms with Gasteiger partial charge in [-0.25, -0.2) is 14.6 Å². The highest BCUT2D eigenvalue weighted by Crippen LogP contribution is 2.29. The number of nitrogens with zero attached hydrogens (tertiary/aromatic N) is 1. The second-order valence-corrected chi connectivity index (χ2v) is 6.87. The molecule has 0 aliphatic heterocycles. The zero-order valence-electron chi connectivity index (χ0n) is 17.3. The van der Waals surface area contributed by atoms with Crippen molar-refractivity contribution in [1.29, 1.82) is 0 Å². The molecule has 30 heavy (non-hydrogen) atoms. The topological polar surface area (TPSA) is 77.5 Å². The molecule has 6 nitrogen and oxygen atoms in total. The molecule has 1 aromatic heterocycles. The Kier molecular flexibility index (Phi) is 6.80. The Morgan fingerprint density at radius 2 is 1.70 bits per heavy atom. The monoisotopic (exact) mass is 404 g/mol. The predicted molar refractivity (Wildman–Crippen MR) is 115 cm³/mol. The van der Waals surface area contributed by atoms with Gasteiger partial charge in [0.15, 0.2) is 0 Å². The minimum atomic E-state index is -0.566. The number of benzene rings is 2. The lowest BCUT2D eigenvalue weighted by Crippen LogP contribution is -2.14. The number of hydrogen-bond acceptors (Lipinski definition) is 5. The van der Waals surface area contributed by atoms with Crippen LogP contribution >= 0.6 is 0 Å². The Bertz CT molecular complexity index is 1050. The van der Waals surface area contributed by atoms with Crippen molar-refractivity contribution < 1.29 is 19.1 Å². The second kappa shape index (κ2) is 9.69. The highest BCUT2D eigenvalue weighted by atomic mass is 16.5. The molecule has 1 heterocycles. The molecule has 0 fully saturated rings. The molecule has 154 valence electrons. The normalized spacial score (nSPS) is 10.4. The average molecular weight is 404 g/mol. The zero-order chi connectivity index (χ0) is 21.5.